The van der Waals surface area contributed by atoms with Gasteiger partial charge in [-0.05, 0) is 56.8 Å². The maximum atomic E-state index is 12.6. The average molecular weight is 350 g/mol. The molecule has 0 saturated heterocycles. The molecule has 2 rings (SSSR count). The molecule has 0 aliphatic heterocycles. The molecule has 1 aliphatic carbocycles. The fraction of sp³-hybridized carbons (Fsp3) is 0.500. The van der Waals surface area contributed by atoms with Gasteiger partial charge in [-0.25, -0.2) is 13.1 Å². The summed E-state index contributed by atoms with van der Waals surface area (Å²) in [6, 6.07) is 4.93. The van der Waals surface area contributed by atoms with Gasteiger partial charge >= 0.3 is 0 Å². The Hall–Kier alpha value is -1.66. The van der Waals surface area contributed by atoms with Crippen LogP contribution in [0.4, 0.5) is 5.69 Å². The summed E-state index contributed by atoms with van der Waals surface area (Å²) in [5, 5.41) is 2.87. The second kappa shape index (κ2) is 6.33. The summed E-state index contributed by atoms with van der Waals surface area (Å²) in [6.45, 7) is 9.93. The number of allylic oxidation sites excluding steroid dienone is 2. The molecule has 1 aliphatic rings. The van der Waals surface area contributed by atoms with Crippen molar-refractivity contribution in [2.24, 2.45) is 17.3 Å². The first-order valence-electron chi connectivity index (χ1n) is 8.01. The number of aryl methyl sites for hydroxylation is 1. The Morgan fingerprint density at radius 2 is 1.88 bits per heavy atom. The quantitative estimate of drug-likeness (QED) is 0.801. The third-order valence-electron chi connectivity index (χ3n) is 4.72. The molecular formula is C18H26N2O3S. The van der Waals surface area contributed by atoms with Crippen LogP contribution in [0.25, 0.3) is 0 Å². The van der Waals surface area contributed by atoms with Crippen LogP contribution in [0.15, 0.2) is 34.7 Å². The topological polar surface area (TPSA) is 75.3 Å². The largest absolute Gasteiger partial charge is 0.326 e. The summed E-state index contributed by atoms with van der Waals surface area (Å²) >= 11 is 0. The molecule has 1 aromatic rings. The number of nitrogens with one attached hydrogen (secondary N) is 2. The molecule has 0 bridgehead atoms. The van der Waals surface area contributed by atoms with Gasteiger partial charge in [0.1, 0.15) is 0 Å². The highest BCUT2D eigenvalue weighted by atomic mass is 32.2. The Bertz CT molecular complexity index is 790. The minimum absolute atomic E-state index is 0.0702. The summed E-state index contributed by atoms with van der Waals surface area (Å²) in [5.74, 6) is 0.0469. The predicted octanol–water partition coefficient (Wildman–Crippen LogP) is 3.08. The van der Waals surface area contributed by atoms with Crippen LogP contribution in [0.1, 0.15) is 33.3 Å². The fourth-order valence-corrected chi connectivity index (χ4v) is 4.14. The predicted molar refractivity (Wildman–Crippen MR) is 96.2 cm³/mol. The van der Waals surface area contributed by atoms with E-state index in [-0.39, 0.29) is 28.1 Å². The van der Waals surface area contributed by atoms with Crippen molar-refractivity contribution in [3.63, 3.8) is 0 Å². The van der Waals surface area contributed by atoms with E-state index < -0.39 is 10.0 Å². The van der Waals surface area contributed by atoms with Crippen molar-refractivity contribution in [2.45, 2.75) is 39.5 Å². The Morgan fingerprint density at radius 1 is 1.25 bits per heavy atom. The first-order valence-corrected chi connectivity index (χ1v) is 9.49. The van der Waals surface area contributed by atoms with Crippen LogP contribution in [0.3, 0.4) is 0 Å². The highest BCUT2D eigenvalue weighted by Crippen LogP contribution is 2.59. The third kappa shape index (κ3) is 3.54. The molecule has 0 unspecified atom stereocenters. The van der Waals surface area contributed by atoms with Crippen LogP contribution in [0.2, 0.25) is 0 Å². The molecule has 1 fully saturated rings. The van der Waals surface area contributed by atoms with Crippen LogP contribution < -0.4 is 10.0 Å². The highest BCUT2D eigenvalue weighted by molar-refractivity contribution is 7.89. The number of hydrogen-bond donors (Lipinski definition) is 2. The van der Waals surface area contributed by atoms with E-state index in [1.54, 1.807) is 19.1 Å². The number of hydrogen-bond acceptors (Lipinski definition) is 3. The van der Waals surface area contributed by atoms with E-state index in [0.717, 1.165) is 0 Å². The highest BCUT2D eigenvalue weighted by Gasteiger charge is 2.60. The van der Waals surface area contributed by atoms with E-state index in [0.29, 0.717) is 11.3 Å². The number of anilines is 1. The first kappa shape index (κ1) is 18.7. The van der Waals surface area contributed by atoms with Gasteiger partial charge in [-0.3, -0.25) is 4.79 Å². The van der Waals surface area contributed by atoms with E-state index in [9.17, 15) is 13.2 Å². The van der Waals surface area contributed by atoms with E-state index in [1.165, 1.54) is 18.7 Å². The van der Waals surface area contributed by atoms with Crippen molar-refractivity contribution in [3.05, 3.63) is 35.4 Å². The number of rotatable bonds is 5. The van der Waals surface area contributed by atoms with Crippen LogP contribution in [0, 0.1) is 24.2 Å². The normalized spacial score (nSPS) is 21.9. The summed E-state index contributed by atoms with van der Waals surface area (Å²) in [5.41, 5.74) is 2.25. The second-order valence-corrected chi connectivity index (χ2v) is 9.10. The zero-order valence-corrected chi connectivity index (χ0v) is 15.9. The van der Waals surface area contributed by atoms with Crippen molar-refractivity contribution in [1.29, 1.82) is 0 Å². The van der Waals surface area contributed by atoms with Gasteiger partial charge in [-0.2, -0.15) is 0 Å². The number of benzene rings is 1. The van der Waals surface area contributed by atoms with E-state index in [4.69, 9.17) is 0 Å². The van der Waals surface area contributed by atoms with Crippen molar-refractivity contribution < 1.29 is 13.2 Å². The van der Waals surface area contributed by atoms with Crippen LogP contribution in [0.5, 0.6) is 0 Å². The second-order valence-electron chi connectivity index (χ2n) is 7.25. The summed E-state index contributed by atoms with van der Waals surface area (Å²) in [6.07, 6.45) is 2.14. The molecule has 24 heavy (non-hydrogen) atoms. The monoisotopic (exact) mass is 350 g/mol. The molecule has 1 saturated carbocycles. The molecule has 2 N–H and O–H groups in total. The zero-order chi connectivity index (χ0) is 18.3. The van der Waals surface area contributed by atoms with Crippen molar-refractivity contribution in [3.8, 4) is 0 Å². The molecule has 132 valence electrons. The number of carbonyl (C=O) groups excluding carboxylic acids is 1. The van der Waals surface area contributed by atoms with Gasteiger partial charge in [0.2, 0.25) is 15.9 Å². The van der Waals surface area contributed by atoms with Crippen molar-refractivity contribution in [1.82, 2.24) is 4.72 Å². The van der Waals surface area contributed by atoms with Gasteiger partial charge in [0, 0.05) is 5.69 Å². The molecule has 5 nitrogen and oxygen atoms in total. The summed E-state index contributed by atoms with van der Waals surface area (Å²) in [7, 11) is -2.18. The molecule has 0 spiro atoms. The van der Waals surface area contributed by atoms with E-state index >= 15 is 0 Å². The summed E-state index contributed by atoms with van der Waals surface area (Å²) < 4.78 is 26.4. The van der Waals surface area contributed by atoms with Crippen molar-refractivity contribution in [2.75, 3.05) is 12.4 Å². The van der Waals surface area contributed by atoms with Crippen LogP contribution in [-0.4, -0.2) is 21.4 Å². The van der Waals surface area contributed by atoms with Gasteiger partial charge in [-0.1, -0.05) is 31.6 Å². The fourth-order valence-electron chi connectivity index (χ4n) is 3.15. The van der Waals surface area contributed by atoms with E-state index in [1.807, 2.05) is 13.8 Å². The van der Waals surface area contributed by atoms with Gasteiger partial charge in [-0.15, -0.1) is 0 Å². The van der Waals surface area contributed by atoms with Gasteiger partial charge in [0.15, 0.2) is 0 Å². The molecular weight excluding hydrogens is 324 g/mol. The molecule has 6 heteroatoms. The standard InChI is InChI=1S/C18H26N2O3S/c1-11(2)9-14-16(18(14,4)5)17(21)20-13-8-7-12(3)15(10-13)24(22,23)19-6/h7-10,14,16,19H,1-6H3,(H,20,21)/t14-,16+/m0/s1. The van der Waals surface area contributed by atoms with Gasteiger partial charge < -0.3 is 5.32 Å². The van der Waals surface area contributed by atoms with Crippen molar-refractivity contribution >= 4 is 21.6 Å². The lowest BCUT2D eigenvalue weighted by molar-refractivity contribution is -0.118. The zero-order valence-electron chi connectivity index (χ0n) is 15.1. The minimum Gasteiger partial charge on any atom is -0.326 e. The molecule has 2 atom stereocenters. The lowest BCUT2D eigenvalue weighted by Gasteiger charge is -2.11. The Morgan fingerprint density at radius 3 is 2.42 bits per heavy atom. The Kier molecular flexibility index (Phi) is 4.93. The molecule has 0 radical (unpaired) electrons. The number of carbonyl (C=O) groups is 1. The Balaban J connectivity index is 2.22. The summed E-state index contributed by atoms with van der Waals surface area (Å²) in [4.78, 5) is 12.8. The maximum absolute atomic E-state index is 12.6. The molecule has 1 aromatic carbocycles. The average Bonchev–Trinajstić information content (AvgIpc) is 3.00. The smallest absolute Gasteiger partial charge is 0.240 e. The lowest BCUT2D eigenvalue weighted by atomic mass is 10.1. The third-order valence-corrected chi connectivity index (χ3v) is 6.28. The number of amides is 1. The molecule has 1 amide bonds. The minimum atomic E-state index is -3.55. The van der Waals surface area contributed by atoms with Gasteiger partial charge in [0.25, 0.3) is 0 Å². The first-order chi connectivity index (χ1) is 11.0. The number of sulfonamides is 1. The SMILES string of the molecule is CNS(=O)(=O)c1cc(NC(=O)[C@H]2[C@H](C=C(C)C)C2(C)C)ccc1C. The van der Waals surface area contributed by atoms with Crippen LogP contribution in [-0.2, 0) is 14.8 Å². The Labute approximate surface area is 144 Å². The van der Waals surface area contributed by atoms with Crippen LogP contribution >= 0.6 is 0 Å². The lowest BCUT2D eigenvalue weighted by Crippen LogP contribution is -2.21. The van der Waals surface area contributed by atoms with Gasteiger partial charge in [0.05, 0.1) is 10.8 Å². The molecule has 0 aromatic heterocycles. The van der Waals surface area contributed by atoms with E-state index in [2.05, 4.69) is 30.0 Å². The molecule has 0 heterocycles. The maximum Gasteiger partial charge on any atom is 0.240 e.